The van der Waals surface area contributed by atoms with E-state index in [0.717, 1.165) is 32.4 Å². The summed E-state index contributed by atoms with van der Waals surface area (Å²) >= 11 is 0. The molecule has 16 heavy (non-hydrogen) atoms. The molecule has 1 N–H and O–H groups in total. The molecule has 0 spiro atoms. The molecule has 0 aliphatic carbocycles. The number of piperidine rings is 1. The van der Waals surface area contributed by atoms with Gasteiger partial charge >= 0.3 is 0 Å². The van der Waals surface area contributed by atoms with Crippen molar-refractivity contribution >= 4 is 5.91 Å². The van der Waals surface area contributed by atoms with Crippen LogP contribution in [0.2, 0.25) is 0 Å². The number of carbonyl (C=O) groups excluding carboxylic acids is 1. The van der Waals surface area contributed by atoms with E-state index in [2.05, 4.69) is 12.2 Å². The minimum absolute atomic E-state index is 0.0338. The second-order valence-corrected chi connectivity index (χ2v) is 4.88. The van der Waals surface area contributed by atoms with Crippen molar-refractivity contribution in [3.05, 3.63) is 0 Å². The van der Waals surface area contributed by atoms with Crippen LogP contribution < -0.4 is 5.32 Å². The maximum absolute atomic E-state index is 12.2. The summed E-state index contributed by atoms with van der Waals surface area (Å²) in [5.74, 6) is 0.238. The molecule has 2 fully saturated rings. The Labute approximate surface area is 97.3 Å². The smallest absolute Gasteiger partial charge is 0.239 e. The molecule has 2 aliphatic heterocycles. The highest BCUT2D eigenvalue weighted by atomic mass is 16.5. The SMILES string of the molecule is CC1OCCC1N(C)C(=O)C1CCCCN1. The lowest BCUT2D eigenvalue weighted by atomic mass is 10.0. The Hall–Kier alpha value is -0.610. The van der Waals surface area contributed by atoms with E-state index in [1.807, 2.05) is 11.9 Å². The molecule has 4 heteroatoms. The van der Waals surface area contributed by atoms with Crippen LogP contribution in [0.5, 0.6) is 0 Å². The van der Waals surface area contributed by atoms with Gasteiger partial charge in [-0.1, -0.05) is 6.42 Å². The van der Waals surface area contributed by atoms with Gasteiger partial charge in [0.15, 0.2) is 0 Å². The van der Waals surface area contributed by atoms with Gasteiger partial charge in [-0.05, 0) is 32.7 Å². The number of likely N-dealkylation sites (N-methyl/N-ethyl adjacent to an activating group) is 1. The third-order valence-corrected chi connectivity index (χ3v) is 3.79. The first-order valence-electron chi connectivity index (χ1n) is 6.32. The maximum Gasteiger partial charge on any atom is 0.239 e. The fourth-order valence-electron chi connectivity index (χ4n) is 2.70. The number of rotatable bonds is 2. The lowest BCUT2D eigenvalue weighted by Crippen LogP contribution is -2.51. The summed E-state index contributed by atoms with van der Waals surface area (Å²) in [6.45, 7) is 3.80. The average molecular weight is 226 g/mol. The van der Waals surface area contributed by atoms with Crippen LogP contribution in [0.1, 0.15) is 32.6 Å². The van der Waals surface area contributed by atoms with E-state index >= 15 is 0 Å². The van der Waals surface area contributed by atoms with Crippen LogP contribution in [0, 0.1) is 0 Å². The number of amides is 1. The van der Waals surface area contributed by atoms with Gasteiger partial charge in [-0.2, -0.15) is 0 Å². The summed E-state index contributed by atoms with van der Waals surface area (Å²) in [7, 11) is 1.91. The van der Waals surface area contributed by atoms with Crippen molar-refractivity contribution in [1.29, 1.82) is 0 Å². The predicted octanol–water partition coefficient (Wildman–Crippen LogP) is 0.764. The Morgan fingerprint density at radius 3 is 2.75 bits per heavy atom. The topological polar surface area (TPSA) is 41.6 Å². The lowest BCUT2D eigenvalue weighted by Gasteiger charge is -2.32. The van der Waals surface area contributed by atoms with Gasteiger partial charge in [0.2, 0.25) is 5.91 Å². The van der Waals surface area contributed by atoms with Crippen molar-refractivity contribution < 1.29 is 9.53 Å². The second kappa shape index (κ2) is 5.15. The third kappa shape index (κ3) is 2.38. The molecule has 0 aromatic carbocycles. The number of hydrogen-bond donors (Lipinski definition) is 1. The molecule has 2 rings (SSSR count). The van der Waals surface area contributed by atoms with Crippen molar-refractivity contribution in [2.75, 3.05) is 20.2 Å². The first-order valence-corrected chi connectivity index (χ1v) is 6.32. The number of nitrogens with one attached hydrogen (secondary N) is 1. The summed E-state index contributed by atoms with van der Waals surface area (Å²) in [5, 5.41) is 3.31. The maximum atomic E-state index is 12.2. The zero-order valence-electron chi connectivity index (χ0n) is 10.2. The Morgan fingerprint density at radius 1 is 1.38 bits per heavy atom. The molecule has 1 amide bonds. The minimum Gasteiger partial charge on any atom is -0.376 e. The van der Waals surface area contributed by atoms with Crippen molar-refractivity contribution in [3.8, 4) is 0 Å². The lowest BCUT2D eigenvalue weighted by molar-refractivity contribution is -0.135. The summed E-state index contributed by atoms with van der Waals surface area (Å²) in [6.07, 6.45) is 4.48. The van der Waals surface area contributed by atoms with Gasteiger partial charge in [-0.3, -0.25) is 4.79 Å². The summed E-state index contributed by atoms with van der Waals surface area (Å²) < 4.78 is 5.51. The molecular formula is C12H22N2O2. The van der Waals surface area contributed by atoms with E-state index in [1.165, 1.54) is 6.42 Å². The predicted molar refractivity (Wildman–Crippen MR) is 62.2 cm³/mol. The number of nitrogens with zero attached hydrogens (tertiary/aromatic N) is 1. The van der Waals surface area contributed by atoms with Crippen LogP contribution in [0.25, 0.3) is 0 Å². The Kier molecular flexibility index (Phi) is 3.82. The summed E-state index contributed by atoms with van der Waals surface area (Å²) in [4.78, 5) is 14.1. The van der Waals surface area contributed by atoms with E-state index in [1.54, 1.807) is 0 Å². The molecule has 4 nitrogen and oxygen atoms in total. The van der Waals surface area contributed by atoms with Crippen molar-refractivity contribution in [2.45, 2.75) is 50.8 Å². The largest absolute Gasteiger partial charge is 0.376 e. The van der Waals surface area contributed by atoms with Gasteiger partial charge in [-0.15, -0.1) is 0 Å². The van der Waals surface area contributed by atoms with Gasteiger partial charge < -0.3 is 15.0 Å². The van der Waals surface area contributed by atoms with Gasteiger partial charge in [0, 0.05) is 13.7 Å². The number of hydrogen-bond acceptors (Lipinski definition) is 3. The first-order chi connectivity index (χ1) is 7.70. The van der Waals surface area contributed by atoms with Crippen molar-refractivity contribution in [2.24, 2.45) is 0 Å². The molecule has 0 aromatic heterocycles. The highest BCUT2D eigenvalue weighted by Gasteiger charge is 2.33. The van der Waals surface area contributed by atoms with Crippen LogP contribution in [-0.2, 0) is 9.53 Å². The molecule has 0 aromatic rings. The molecule has 0 radical (unpaired) electrons. The molecule has 2 aliphatic rings. The third-order valence-electron chi connectivity index (χ3n) is 3.79. The van der Waals surface area contributed by atoms with E-state index in [4.69, 9.17) is 4.74 Å². The van der Waals surface area contributed by atoms with Crippen LogP contribution in [0.4, 0.5) is 0 Å². The van der Waals surface area contributed by atoms with Crippen LogP contribution in [0.3, 0.4) is 0 Å². The molecule has 0 bridgehead atoms. The Morgan fingerprint density at radius 2 is 2.19 bits per heavy atom. The van der Waals surface area contributed by atoms with Crippen molar-refractivity contribution in [1.82, 2.24) is 10.2 Å². The van der Waals surface area contributed by atoms with E-state index in [9.17, 15) is 4.79 Å². The summed E-state index contributed by atoms with van der Waals surface area (Å²) in [6, 6.07) is 0.294. The van der Waals surface area contributed by atoms with Gasteiger partial charge in [0.1, 0.15) is 0 Å². The van der Waals surface area contributed by atoms with Crippen molar-refractivity contribution in [3.63, 3.8) is 0 Å². The van der Waals surface area contributed by atoms with E-state index in [-0.39, 0.29) is 24.1 Å². The van der Waals surface area contributed by atoms with Gasteiger partial charge in [0.25, 0.3) is 0 Å². The fourth-order valence-corrected chi connectivity index (χ4v) is 2.70. The van der Waals surface area contributed by atoms with Crippen LogP contribution in [-0.4, -0.2) is 49.2 Å². The number of carbonyl (C=O) groups is 1. The molecule has 92 valence electrons. The molecular weight excluding hydrogens is 204 g/mol. The normalized spacial score (nSPS) is 35.0. The average Bonchev–Trinajstić information content (AvgIpc) is 2.75. The van der Waals surface area contributed by atoms with Gasteiger partial charge in [0.05, 0.1) is 18.2 Å². The highest BCUT2D eigenvalue weighted by Crippen LogP contribution is 2.20. The zero-order valence-corrected chi connectivity index (χ0v) is 10.2. The van der Waals surface area contributed by atoms with E-state index < -0.39 is 0 Å². The standard InChI is InChI=1S/C12H22N2O2/c1-9-11(6-8-16-9)14(2)12(15)10-5-3-4-7-13-10/h9-11,13H,3-8H2,1-2H3. The number of ether oxygens (including phenoxy) is 1. The quantitative estimate of drug-likeness (QED) is 0.756. The monoisotopic (exact) mass is 226 g/mol. The second-order valence-electron chi connectivity index (χ2n) is 4.88. The highest BCUT2D eigenvalue weighted by molar-refractivity contribution is 5.82. The molecule has 3 atom stereocenters. The van der Waals surface area contributed by atoms with E-state index in [0.29, 0.717) is 0 Å². The minimum atomic E-state index is 0.0338. The molecule has 0 saturated carbocycles. The molecule has 3 unspecified atom stereocenters. The zero-order chi connectivity index (χ0) is 11.5. The van der Waals surface area contributed by atoms with Gasteiger partial charge in [-0.25, -0.2) is 0 Å². The van der Waals surface area contributed by atoms with Crippen LogP contribution >= 0.6 is 0 Å². The fraction of sp³-hybridized carbons (Fsp3) is 0.917. The van der Waals surface area contributed by atoms with Crippen LogP contribution in [0.15, 0.2) is 0 Å². The summed E-state index contributed by atoms with van der Waals surface area (Å²) in [5.41, 5.74) is 0. The Balaban J connectivity index is 1.92. The molecule has 2 saturated heterocycles. The first kappa shape index (κ1) is 11.9. The molecule has 2 heterocycles. The Bertz CT molecular complexity index is 251.